The van der Waals surface area contributed by atoms with E-state index in [0.29, 0.717) is 0 Å². The van der Waals surface area contributed by atoms with Crippen LogP contribution in [0.15, 0.2) is 12.2 Å². The standard InChI is InChI=1S/C9H10O4/c1-5-2-3-7(12-5)6-4-8(10)13-9(6)11/h2-3,5-7H,4H2,1H3. The quantitative estimate of drug-likeness (QED) is 0.335. The lowest BCUT2D eigenvalue weighted by Crippen LogP contribution is -2.24. The minimum atomic E-state index is -0.464. The Bertz CT molecular complexity index is 281. The largest absolute Gasteiger partial charge is 0.393 e. The van der Waals surface area contributed by atoms with Gasteiger partial charge in [-0.3, -0.25) is 9.59 Å². The number of ether oxygens (including phenoxy) is 2. The van der Waals surface area contributed by atoms with E-state index in [-0.39, 0.29) is 18.6 Å². The smallest absolute Gasteiger partial charge is 0.320 e. The summed E-state index contributed by atoms with van der Waals surface area (Å²) in [5.41, 5.74) is 0. The van der Waals surface area contributed by atoms with E-state index in [9.17, 15) is 9.59 Å². The highest BCUT2D eigenvalue weighted by Crippen LogP contribution is 2.26. The Labute approximate surface area is 75.5 Å². The van der Waals surface area contributed by atoms with E-state index >= 15 is 0 Å². The molecule has 0 N–H and O–H groups in total. The minimum absolute atomic E-state index is 0.0218. The van der Waals surface area contributed by atoms with Crippen molar-refractivity contribution in [1.29, 1.82) is 0 Å². The molecule has 0 aromatic carbocycles. The van der Waals surface area contributed by atoms with Crippen molar-refractivity contribution in [2.75, 3.05) is 0 Å². The molecule has 0 aromatic heterocycles. The molecule has 0 radical (unpaired) electrons. The zero-order valence-corrected chi connectivity index (χ0v) is 7.23. The van der Waals surface area contributed by atoms with E-state index in [2.05, 4.69) is 4.74 Å². The highest BCUT2D eigenvalue weighted by Gasteiger charge is 2.40. The minimum Gasteiger partial charge on any atom is -0.393 e. The first kappa shape index (κ1) is 8.44. The summed E-state index contributed by atoms with van der Waals surface area (Å²) in [6, 6.07) is 0. The molecule has 0 aromatic rings. The molecule has 0 saturated carbocycles. The molecule has 2 rings (SSSR count). The maximum Gasteiger partial charge on any atom is 0.320 e. The van der Waals surface area contributed by atoms with Crippen LogP contribution in [0.1, 0.15) is 13.3 Å². The molecule has 4 nitrogen and oxygen atoms in total. The number of hydrogen-bond donors (Lipinski definition) is 0. The van der Waals surface area contributed by atoms with Crippen LogP contribution in [0.4, 0.5) is 0 Å². The van der Waals surface area contributed by atoms with E-state index in [4.69, 9.17) is 4.74 Å². The number of cyclic esters (lactones) is 2. The molecule has 3 atom stereocenters. The summed E-state index contributed by atoms with van der Waals surface area (Å²) in [7, 11) is 0. The van der Waals surface area contributed by atoms with Crippen LogP contribution in [0, 0.1) is 5.92 Å². The van der Waals surface area contributed by atoms with E-state index in [1.165, 1.54) is 0 Å². The summed E-state index contributed by atoms with van der Waals surface area (Å²) in [5, 5.41) is 0. The number of rotatable bonds is 1. The molecule has 0 aliphatic carbocycles. The van der Waals surface area contributed by atoms with Crippen LogP contribution in [0.25, 0.3) is 0 Å². The van der Waals surface area contributed by atoms with Gasteiger partial charge < -0.3 is 9.47 Å². The second kappa shape index (κ2) is 2.96. The van der Waals surface area contributed by atoms with Gasteiger partial charge in [0.15, 0.2) is 0 Å². The topological polar surface area (TPSA) is 52.6 Å². The fourth-order valence-corrected chi connectivity index (χ4v) is 1.58. The van der Waals surface area contributed by atoms with Crippen molar-refractivity contribution < 1.29 is 19.1 Å². The van der Waals surface area contributed by atoms with Gasteiger partial charge in [0.25, 0.3) is 0 Å². The predicted octanol–water partition coefficient (Wildman–Crippen LogP) is 0.420. The third kappa shape index (κ3) is 1.49. The van der Waals surface area contributed by atoms with Crippen LogP contribution in [0.3, 0.4) is 0 Å². The van der Waals surface area contributed by atoms with Crippen molar-refractivity contribution in [3.8, 4) is 0 Å². The van der Waals surface area contributed by atoms with E-state index in [1.807, 2.05) is 19.1 Å². The van der Waals surface area contributed by atoms with Gasteiger partial charge in [-0.2, -0.15) is 0 Å². The molecule has 3 unspecified atom stereocenters. The van der Waals surface area contributed by atoms with Gasteiger partial charge in [-0.15, -0.1) is 0 Å². The number of carbonyl (C=O) groups excluding carboxylic acids is 2. The molecule has 2 heterocycles. The zero-order chi connectivity index (χ0) is 9.42. The van der Waals surface area contributed by atoms with Crippen molar-refractivity contribution >= 4 is 11.9 Å². The van der Waals surface area contributed by atoms with Crippen LogP contribution in [0.2, 0.25) is 0 Å². The molecule has 0 amide bonds. The molecule has 70 valence electrons. The summed E-state index contributed by atoms with van der Waals surface area (Å²) >= 11 is 0. The third-order valence-electron chi connectivity index (χ3n) is 2.24. The summed E-state index contributed by atoms with van der Waals surface area (Å²) < 4.78 is 9.83. The van der Waals surface area contributed by atoms with Crippen LogP contribution < -0.4 is 0 Å². The van der Waals surface area contributed by atoms with Crippen LogP contribution in [0.5, 0.6) is 0 Å². The summed E-state index contributed by atoms with van der Waals surface area (Å²) in [5.74, 6) is -1.35. The number of carbonyl (C=O) groups is 2. The lowest BCUT2D eigenvalue weighted by Gasteiger charge is -2.13. The van der Waals surface area contributed by atoms with Crippen molar-refractivity contribution in [2.24, 2.45) is 5.92 Å². The lowest BCUT2D eigenvalue weighted by atomic mass is 10.0. The van der Waals surface area contributed by atoms with Crippen molar-refractivity contribution in [1.82, 2.24) is 0 Å². The fourth-order valence-electron chi connectivity index (χ4n) is 1.58. The number of esters is 2. The molecule has 2 aliphatic rings. The van der Waals surface area contributed by atoms with E-state index in [1.54, 1.807) is 0 Å². The first-order valence-corrected chi connectivity index (χ1v) is 4.25. The summed E-state index contributed by atoms with van der Waals surface area (Å²) in [6.07, 6.45) is 3.57. The molecule has 1 saturated heterocycles. The van der Waals surface area contributed by atoms with Gasteiger partial charge in [0.05, 0.1) is 24.5 Å². The molecule has 4 heteroatoms. The Morgan fingerprint density at radius 1 is 1.38 bits per heavy atom. The maximum absolute atomic E-state index is 11.1. The highest BCUT2D eigenvalue weighted by atomic mass is 16.6. The maximum atomic E-state index is 11.1. The highest BCUT2D eigenvalue weighted by molar-refractivity contribution is 5.95. The Morgan fingerprint density at radius 2 is 2.15 bits per heavy atom. The third-order valence-corrected chi connectivity index (χ3v) is 2.24. The molecular formula is C9H10O4. The van der Waals surface area contributed by atoms with Gasteiger partial charge >= 0.3 is 11.9 Å². The molecule has 13 heavy (non-hydrogen) atoms. The predicted molar refractivity (Wildman–Crippen MR) is 42.7 cm³/mol. The summed E-state index contributed by atoms with van der Waals surface area (Å²) in [4.78, 5) is 21.9. The fraction of sp³-hybridized carbons (Fsp3) is 0.556. The van der Waals surface area contributed by atoms with Gasteiger partial charge in [-0.25, -0.2) is 0 Å². The molecule has 0 bridgehead atoms. The Kier molecular flexibility index (Phi) is 1.92. The van der Waals surface area contributed by atoms with Crippen LogP contribution in [-0.2, 0) is 19.1 Å². The van der Waals surface area contributed by atoms with Gasteiger partial charge in [-0.1, -0.05) is 12.2 Å². The van der Waals surface area contributed by atoms with Gasteiger partial charge in [0, 0.05) is 0 Å². The summed E-state index contributed by atoms with van der Waals surface area (Å²) in [6.45, 7) is 1.89. The number of hydrogen-bond acceptors (Lipinski definition) is 4. The Morgan fingerprint density at radius 3 is 2.62 bits per heavy atom. The normalized spacial score (nSPS) is 38.4. The zero-order valence-electron chi connectivity index (χ0n) is 7.23. The van der Waals surface area contributed by atoms with E-state index < -0.39 is 17.9 Å². The first-order valence-electron chi connectivity index (χ1n) is 4.25. The van der Waals surface area contributed by atoms with Gasteiger partial charge in [-0.05, 0) is 6.92 Å². The van der Waals surface area contributed by atoms with Crippen molar-refractivity contribution in [2.45, 2.75) is 25.6 Å². The Balaban J connectivity index is 2.06. The molecule has 0 spiro atoms. The lowest BCUT2D eigenvalue weighted by molar-refractivity contribution is -0.154. The monoisotopic (exact) mass is 182 g/mol. The SMILES string of the molecule is CC1C=CC(C2CC(=O)OC2=O)O1. The van der Waals surface area contributed by atoms with Crippen molar-refractivity contribution in [3.63, 3.8) is 0 Å². The molecule has 2 aliphatic heterocycles. The second-order valence-electron chi connectivity index (χ2n) is 3.29. The Hall–Kier alpha value is -1.16. The first-order chi connectivity index (χ1) is 6.16. The second-order valence-corrected chi connectivity index (χ2v) is 3.29. The molecule has 1 fully saturated rings. The average molecular weight is 182 g/mol. The van der Waals surface area contributed by atoms with Crippen LogP contribution >= 0.6 is 0 Å². The van der Waals surface area contributed by atoms with Crippen molar-refractivity contribution in [3.05, 3.63) is 12.2 Å². The van der Waals surface area contributed by atoms with Crippen LogP contribution in [-0.4, -0.2) is 24.1 Å². The van der Waals surface area contributed by atoms with Gasteiger partial charge in [0.1, 0.15) is 0 Å². The average Bonchev–Trinajstić information content (AvgIpc) is 2.58. The van der Waals surface area contributed by atoms with Gasteiger partial charge in [0.2, 0.25) is 0 Å². The molecular weight excluding hydrogens is 172 g/mol. The van der Waals surface area contributed by atoms with E-state index in [0.717, 1.165) is 0 Å².